The fraction of sp³-hybridized carbons (Fsp3) is 0.550. The van der Waals surface area contributed by atoms with Crippen molar-refractivity contribution in [2.24, 2.45) is 11.7 Å². The standard InChI is InChI=1S/C20H30BrN3O6/c1-4-5-6-13(11-24(28)12-25)20(27)23-10-14(26)7-17(22)15-8-18(29-2)19(30-3)9-16(15)21/h8-9,12-13,17,28H,4-7,10-11,22H2,1-3H3,(H,23,27). The van der Waals surface area contributed by atoms with E-state index in [-0.39, 0.29) is 31.7 Å². The van der Waals surface area contributed by atoms with Gasteiger partial charge in [0.05, 0.1) is 33.2 Å². The topological polar surface area (TPSA) is 131 Å². The van der Waals surface area contributed by atoms with Crippen LogP contribution < -0.4 is 20.5 Å². The molecule has 0 heterocycles. The lowest BCUT2D eigenvalue weighted by molar-refractivity contribution is -0.154. The van der Waals surface area contributed by atoms with E-state index < -0.39 is 17.9 Å². The Kier molecular flexibility index (Phi) is 11.4. The second kappa shape index (κ2) is 13.2. The van der Waals surface area contributed by atoms with Gasteiger partial charge < -0.3 is 20.5 Å². The molecule has 2 atom stereocenters. The third kappa shape index (κ3) is 7.92. The predicted octanol–water partition coefficient (Wildman–Crippen LogP) is 2.20. The Balaban J connectivity index is 2.70. The second-order valence-corrected chi connectivity index (χ2v) is 7.72. The number of nitrogens with two attached hydrogens (primary N) is 1. The first-order valence-corrected chi connectivity index (χ1v) is 10.4. The van der Waals surface area contributed by atoms with Crippen molar-refractivity contribution in [1.82, 2.24) is 10.4 Å². The van der Waals surface area contributed by atoms with Crippen LogP contribution in [0.5, 0.6) is 11.5 Å². The SMILES string of the molecule is CCCCC(CN(O)C=O)C(=O)NCC(=O)CC(N)c1cc(OC)c(OC)cc1Br. The summed E-state index contributed by atoms with van der Waals surface area (Å²) in [6, 6.07) is 2.81. The van der Waals surface area contributed by atoms with E-state index in [2.05, 4.69) is 21.2 Å². The quantitative estimate of drug-likeness (QED) is 0.208. The highest BCUT2D eigenvalue weighted by molar-refractivity contribution is 9.10. The summed E-state index contributed by atoms with van der Waals surface area (Å²) in [6.45, 7) is 1.66. The summed E-state index contributed by atoms with van der Waals surface area (Å²) in [7, 11) is 3.03. The van der Waals surface area contributed by atoms with Crippen LogP contribution in [0.15, 0.2) is 16.6 Å². The Morgan fingerprint density at radius 3 is 2.50 bits per heavy atom. The molecule has 10 heteroatoms. The molecule has 0 saturated heterocycles. The molecule has 1 aromatic carbocycles. The number of carbonyl (C=O) groups excluding carboxylic acids is 3. The number of hydroxylamine groups is 2. The molecule has 0 spiro atoms. The average molecular weight is 488 g/mol. The second-order valence-electron chi connectivity index (χ2n) is 6.86. The highest BCUT2D eigenvalue weighted by Gasteiger charge is 2.22. The number of nitrogens with zero attached hydrogens (tertiary/aromatic N) is 1. The highest BCUT2D eigenvalue weighted by Crippen LogP contribution is 2.36. The number of unbranched alkanes of at least 4 members (excludes halogenated alkanes) is 1. The summed E-state index contributed by atoms with van der Waals surface area (Å²) in [4.78, 5) is 35.4. The van der Waals surface area contributed by atoms with E-state index in [9.17, 15) is 19.6 Å². The van der Waals surface area contributed by atoms with Gasteiger partial charge in [0.1, 0.15) is 0 Å². The van der Waals surface area contributed by atoms with Crippen molar-refractivity contribution in [1.29, 1.82) is 0 Å². The lowest BCUT2D eigenvalue weighted by Crippen LogP contribution is -2.40. The van der Waals surface area contributed by atoms with E-state index in [0.717, 1.165) is 12.8 Å². The molecule has 1 rings (SSSR count). The average Bonchev–Trinajstić information content (AvgIpc) is 2.74. The Morgan fingerprint density at radius 1 is 1.30 bits per heavy atom. The van der Waals surface area contributed by atoms with Gasteiger partial charge in [-0.3, -0.25) is 19.6 Å². The van der Waals surface area contributed by atoms with Crippen LogP contribution >= 0.6 is 15.9 Å². The predicted molar refractivity (Wildman–Crippen MR) is 114 cm³/mol. The summed E-state index contributed by atoms with van der Waals surface area (Å²) in [5.74, 6) is -0.206. The van der Waals surface area contributed by atoms with Crippen LogP contribution in [-0.4, -0.2) is 55.7 Å². The number of hydrogen-bond donors (Lipinski definition) is 3. The molecule has 0 aliphatic rings. The summed E-state index contributed by atoms with van der Waals surface area (Å²) in [5, 5.41) is 12.4. The number of benzene rings is 1. The number of halogens is 1. The highest BCUT2D eigenvalue weighted by atomic mass is 79.9. The fourth-order valence-electron chi connectivity index (χ4n) is 2.94. The summed E-state index contributed by atoms with van der Waals surface area (Å²) in [5.41, 5.74) is 6.87. The molecule has 4 N–H and O–H groups in total. The summed E-state index contributed by atoms with van der Waals surface area (Å²) in [6.07, 6.45) is 2.38. The molecule has 0 bridgehead atoms. The molecule has 168 valence electrons. The van der Waals surface area contributed by atoms with Crippen LogP contribution in [0.3, 0.4) is 0 Å². The van der Waals surface area contributed by atoms with Gasteiger partial charge in [0.15, 0.2) is 17.3 Å². The van der Waals surface area contributed by atoms with Gasteiger partial charge in [-0.25, -0.2) is 5.06 Å². The number of hydrogen-bond acceptors (Lipinski definition) is 7. The Bertz CT molecular complexity index is 731. The molecular weight excluding hydrogens is 458 g/mol. The molecule has 30 heavy (non-hydrogen) atoms. The van der Waals surface area contributed by atoms with Gasteiger partial charge in [-0.05, 0) is 24.1 Å². The maximum atomic E-state index is 12.4. The summed E-state index contributed by atoms with van der Waals surface area (Å²) < 4.78 is 11.2. The van der Waals surface area contributed by atoms with Gasteiger partial charge in [-0.2, -0.15) is 0 Å². The van der Waals surface area contributed by atoms with Crippen molar-refractivity contribution in [2.75, 3.05) is 27.3 Å². The van der Waals surface area contributed by atoms with Crippen LogP contribution in [0, 0.1) is 5.92 Å². The van der Waals surface area contributed by atoms with E-state index in [1.54, 1.807) is 12.1 Å². The number of nitrogens with one attached hydrogen (secondary N) is 1. The molecule has 0 aliphatic heterocycles. The van der Waals surface area contributed by atoms with Gasteiger partial charge in [0.25, 0.3) is 0 Å². The normalized spacial score (nSPS) is 12.6. The van der Waals surface area contributed by atoms with E-state index in [4.69, 9.17) is 15.2 Å². The first-order valence-electron chi connectivity index (χ1n) is 9.64. The zero-order valence-electron chi connectivity index (χ0n) is 17.5. The first kappa shape index (κ1) is 25.9. The van der Waals surface area contributed by atoms with Crippen molar-refractivity contribution < 1.29 is 29.1 Å². The molecule has 2 unspecified atom stereocenters. The molecule has 0 saturated carbocycles. The molecular formula is C20H30BrN3O6. The molecule has 0 aromatic heterocycles. The molecule has 0 aliphatic carbocycles. The molecule has 2 amide bonds. The van der Waals surface area contributed by atoms with Crippen LogP contribution in [0.1, 0.15) is 44.2 Å². The monoisotopic (exact) mass is 487 g/mol. The minimum atomic E-state index is -0.609. The van der Waals surface area contributed by atoms with Crippen molar-refractivity contribution in [3.8, 4) is 11.5 Å². The van der Waals surface area contributed by atoms with Gasteiger partial charge in [0.2, 0.25) is 12.3 Å². The van der Waals surface area contributed by atoms with Gasteiger partial charge in [-0.1, -0.05) is 35.7 Å². The minimum absolute atomic E-state index is 0.00839. The number of Topliss-reactive ketones (excluding diaryl/α,β-unsaturated/α-hetero) is 1. The van der Waals surface area contributed by atoms with Crippen molar-refractivity contribution in [3.05, 3.63) is 22.2 Å². The van der Waals surface area contributed by atoms with E-state index in [1.165, 1.54) is 14.2 Å². The van der Waals surface area contributed by atoms with E-state index in [1.807, 2.05) is 6.92 Å². The number of ketones is 1. The number of methoxy groups -OCH3 is 2. The largest absolute Gasteiger partial charge is 0.493 e. The Morgan fingerprint density at radius 2 is 1.93 bits per heavy atom. The van der Waals surface area contributed by atoms with Crippen LogP contribution in [0.2, 0.25) is 0 Å². The third-order valence-corrected chi connectivity index (χ3v) is 5.30. The van der Waals surface area contributed by atoms with Crippen molar-refractivity contribution in [2.45, 2.75) is 38.6 Å². The maximum Gasteiger partial charge on any atom is 0.233 e. The van der Waals surface area contributed by atoms with Crippen LogP contribution in [0.4, 0.5) is 0 Å². The minimum Gasteiger partial charge on any atom is -0.493 e. The number of rotatable bonds is 14. The lowest BCUT2D eigenvalue weighted by Gasteiger charge is -2.20. The zero-order chi connectivity index (χ0) is 22.7. The lowest BCUT2D eigenvalue weighted by atomic mass is 10.00. The third-order valence-electron chi connectivity index (χ3n) is 4.62. The summed E-state index contributed by atoms with van der Waals surface area (Å²) >= 11 is 3.42. The Hall–Kier alpha value is -2.17. The van der Waals surface area contributed by atoms with E-state index >= 15 is 0 Å². The first-order chi connectivity index (χ1) is 14.3. The molecule has 0 fully saturated rings. The van der Waals surface area contributed by atoms with Gasteiger partial charge >= 0.3 is 0 Å². The van der Waals surface area contributed by atoms with E-state index in [0.29, 0.717) is 33.0 Å². The van der Waals surface area contributed by atoms with Crippen molar-refractivity contribution in [3.63, 3.8) is 0 Å². The number of ether oxygens (including phenoxy) is 2. The number of amides is 2. The van der Waals surface area contributed by atoms with Crippen molar-refractivity contribution >= 4 is 34.0 Å². The van der Waals surface area contributed by atoms with Crippen LogP contribution in [-0.2, 0) is 14.4 Å². The molecule has 9 nitrogen and oxygen atoms in total. The zero-order valence-corrected chi connectivity index (χ0v) is 19.1. The fourth-order valence-corrected chi connectivity index (χ4v) is 3.55. The van der Waals surface area contributed by atoms with Crippen LogP contribution in [0.25, 0.3) is 0 Å². The molecule has 0 radical (unpaired) electrons. The smallest absolute Gasteiger partial charge is 0.233 e. The van der Waals surface area contributed by atoms with Gasteiger partial charge in [0, 0.05) is 16.9 Å². The maximum absolute atomic E-state index is 12.4. The Labute approximate surface area is 185 Å². The molecule has 1 aromatic rings. The number of carbonyl (C=O) groups is 3. The van der Waals surface area contributed by atoms with Gasteiger partial charge in [-0.15, -0.1) is 0 Å².